The molecule has 1 amide bonds. The number of carbonyl (C=O) groups excluding carboxylic acids is 2. The number of ether oxygens (including phenoxy) is 2. The van der Waals surface area contributed by atoms with Gasteiger partial charge in [-0.2, -0.15) is 5.26 Å². The van der Waals surface area contributed by atoms with Crippen LogP contribution in [0.4, 0.5) is 0 Å². The summed E-state index contributed by atoms with van der Waals surface area (Å²) in [6, 6.07) is 8.31. The molecule has 0 spiro atoms. The summed E-state index contributed by atoms with van der Waals surface area (Å²) in [4.78, 5) is 23.2. The second-order valence-corrected chi connectivity index (χ2v) is 4.04. The Bertz CT molecular complexity index is 588. The number of nitriles is 1. The van der Waals surface area contributed by atoms with Crippen molar-refractivity contribution in [1.82, 2.24) is 5.32 Å². The average Bonchev–Trinajstić information content (AvgIpc) is 2.52. The van der Waals surface area contributed by atoms with Gasteiger partial charge in [0.05, 0.1) is 19.3 Å². The third-order valence-electron chi connectivity index (χ3n) is 2.58. The summed E-state index contributed by atoms with van der Waals surface area (Å²) >= 11 is 0. The number of nitrogens with zero attached hydrogens (tertiary/aromatic N) is 1. The van der Waals surface area contributed by atoms with Gasteiger partial charge in [-0.05, 0) is 23.8 Å². The van der Waals surface area contributed by atoms with Crippen molar-refractivity contribution in [3.8, 4) is 6.07 Å². The lowest BCUT2D eigenvalue weighted by atomic mass is 10.1. The first-order valence-electron chi connectivity index (χ1n) is 6.19. The zero-order valence-electron chi connectivity index (χ0n) is 11.9. The number of hydrogen-bond acceptors (Lipinski definition) is 5. The Morgan fingerprint density at radius 3 is 2.76 bits per heavy atom. The third kappa shape index (κ3) is 5.09. The van der Waals surface area contributed by atoms with E-state index in [0.717, 1.165) is 0 Å². The van der Waals surface area contributed by atoms with Crippen LogP contribution in [-0.4, -0.2) is 39.2 Å². The van der Waals surface area contributed by atoms with E-state index in [9.17, 15) is 9.59 Å². The number of carbonyl (C=O) groups is 2. The maximum Gasteiger partial charge on any atom is 0.337 e. The lowest BCUT2D eigenvalue weighted by Gasteiger charge is -2.04. The van der Waals surface area contributed by atoms with Gasteiger partial charge >= 0.3 is 5.97 Å². The van der Waals surface area contributed by atoms with Crippen molar-refractivity contribution in [2.24, 2.45) is 0 Å². The molecule has 0 saturated carbocycles. The number of benzene rings is 1. The molecule has 21 heavy (non-hydrogen) atoms. The average molecular weight is 288 g/mol. The Balaban J connectivity index is 2.90. The van der Waals surface area contributed by atoms with Gasteiger partial charge in [0.1, 0.15) is 11.6 Å². The molecule has 0 saturated heterocycles. The maximum atomic E-state index is 11.8. The van der Waals surface area contributed by atoms with Crippen LogP contribution in [0.25, 0.3) is 6.08 Å². The second kappa shape index (κ2) is 8.51. The summed E-state index contributed by atoms with van der Waals surface area (Å²) in [6.45, 7) is 0.679. The normalized spacial score (nSPS) is 10.6. The van der Waals surface area contributed by atoms with Crippen molar-refractivity contribution in [2.45, 2.75) is 0 Å². The van der Waals surface area contributed by atoms with E-state index in [4.69, 9.17) is 10.00 Å². The molecule has 1 N–H and O–H groups in total. The highest BCUT2D eigenvalue weighted by Gasteiger charge is 2.09. The van der Waals surface area contributed by atoms with Crippen molar-refractivity contribution in [3.63, 3.8) is 0 Å². The molecule has 0 unspecified atom stereocenters. The van der Waals surface area contributed by atoms with E-state index in [0.29, 0.717) is 24.3 Å². The van der Waals surface area contributed by atoms with Crippen LogP contribution >= 0.6 is 0 Å². The molecule has 0 aliphatic heterocycles. The molecule has 0 heterocycles. The van der Waals surface area contributed by atoms with Crippen LogP contribution in [0.15, 0.2) is 29.8 Å². The molecule has 6 nitrogen and oxygen atoms in total. The number of esters is 1. The van der Waals surface area contributed by atoms with Gasteiger partial charge in [0.15, 0.2) is 0 Å². The predicted octanol–water partition coefficient (Wildman–Crippen LogP) is 1.14. The Morgan fingerprint density at radius 2 is 2.14 bits per heavy atom. The van der Waals surface area contributed by atoms with E-state index in [-0.39, 0.29) is 5.57 Å². The van der Waals surface area contributed by atoms with Crippen molar-refractivity contribution in [2.75, 3.05) is 27.4 Å². The van der Waals surface area contributed by atoms with E-state index >= 15 is 0 Å². The molecular formula is C15H16N2O4. The van der Waals surface area contributed by atoms with Crippen molar-refractivity contribution in [1.29, 1.82) is 5.26 Å². The molecule has 1 aromatic rings. The minimum Gasteiger partial charge on any atom is -0.465 e. The molecule has 0 fully saturated rings. The van der Waals surface area contributed by atoms with Crippen molar-refractivity contribution >= 4 is 18.0 Å². The van der Waals surface area contributed by atoms with Gasteiger partial charge in [-0.3, -0.25) is 4.79 Å². The maximum absolute atomic E-state index is 11.8. The molecule has 0 radical (unpaired) electrons. The highest BCUT2D eigenvalue weighted by atomic mass is 16.5. The number of amides is 1. The van der Waals surface area contributed by atoms with Gasteiger partial charge in [0.25, 0.3) is 5.91 Å². The summed E-state index contributed by atoms with van der Waals surface area (Å²) < 4.78 is 9.43. The Kier molecular flexibility index (Phi) is 6.65. The largest absolute Gasteiger partial charge is 0.465 e. The van der Waals surface area contributed by atoms with Crippen molar-refractivity contribution < 1.29 is 19.1 Å². The van der Waals surface area contributed by atoms with Crippen LogP contribution in [0.2, 0.25) is 0 Å². The van der Waals surface area contributed by atoms with Crippen LogP contribution in [0.3, 0.4) is 0 Å². The number of nitrogens with one attached hydrogen (secondary N) is 1. The minimum absolute atomic E-state index is 0.0480. The molecule has 6 heteroatoms. The number of methoxy groups -OCH3 is 2. The van der Waals surface area contributed by atoms with E-state index in [1.54, 1.807) is 24.3 Å². The van der Waals surface area contributed by atoms with Crippen LogP contribution in [0.5, 0.6) is 0 Å². The summed E-state index contributed by atoms with van der Waals surface area (Å²) in [5, 5.41) is 11.6. The predicted molar refractivity (Wildman–Crippen MR) is 76.3 cm³/mol. The number of rotatable bonds is 6. The summed E-state index contributed by atoms with van der Waals surface area (Å²) in [6.07, 6.45) is 1.41. The molecule has 1 rings (SSSR count). The minimum atomic E-state index is -0.488. The van der Waals surface area contributed by atoms with E-state index in [2.05, 4.69) is 10.1 Å². The zero-order chi connectivity index (χ0) is 15.7. The molecule has 0 bridgehead atoms. The molecule has 1 aromatic carbocycles. The van der Waals surface area contributed by atoms with Crippen molar-refractivity contribution in [3.05, 3.63) is 41.0 Å². The van der Waals surface area contributed by atoms with E-state index < -0.39 is 11.9 Å². The highest BCUT2D eigenvalue weighted by molar-refractivity contribution is 6.02. The quantitative estimate of drug-likeness (QED) is 0.367. The Morgan fingerprint density at radius 1 is 1.38 bits per heavy atom. The molecule has 110 valence electrons. The molecule has 0 aliphatic carbocycles. The Labute approximate surface area is 123 Å². The van der Waals surface area contributed by atoms with E-state index in [1.165, 1.54) is 20.3 Å². The smallest absolute Gasteiger partial charge is 0.337 e. The lowest BCUT2D eigenvalue weighted by Crippen LogP contribution is -2.27. The van der Waals surface area contributed by atoms with Crippen LogP contribution in [0.1, 0.15) is 15.9 Å². The second-order valence-electron chi connectivity index (χ2n) is 4.04. The van der Waals surface area contributed by atoms with Crippen LogP contribution < -0.4 is 5.32 Å². The highest BCUT2D eigenvalue weighted by Crippen LogP contribution is 2.11. The summed E-state index contributed by atoms with van der Waals surface area (Å²) in [5.41, 5.74) is 0.868. The van der Waals surface area contributed by atoms with Crippen LogP contribution in [0, 0.1) is 11.3 Å². The van der Waals surface area contributed by atoms with Gasteiger partial charge in [-0.1, -0.05) is 12.1 Å². The fourth-order valence-corrected chi connectivity index (χ4v) is 1.55. The Hall–Kier alpha value is -2.65. The monoisotopic (exact) mass is 288 g/mol. The molecule has 0 aliphatic rings. The standard InChI is InChI=1S/C15H16N2O4/c1-20-7-6-17-14(18)13(10-16)9-11-4-3-5-12(8-11)15(19)21-2/h3-5,8-9H,6-7H2,1-2H3,(H,17,18)/b13-9+. The van der Waals surface area contributed by atoms with Crippen LogP contribution in [-0.2, 0) is 14.3 Å². The first-order chi connectivity index (χ1) is 10.1. The van der Waals surface area contributed by atoms with Gasteiger partial charge in [0.2, 0.25) is 0 Å². The SMILES string of the molecule is COCCNC(=O)/C(C#N)=C/c1cccc(C(=O)OC)c1. The third-order valence-corrected chi connectivity index (χ3v) is 2.58. The van der Waals surface area contributed by atoms with E-state index in [1.807, 2.05) is 6.07 Å². The fraction of sp³-hybridized carbons (Fsp3) is 0.267. The first kappa shape index (κ1) is 16.4. The van der Waals surface area contributed by atoms with Gasteiger partial charge in [0, 0.05) is 13.7 Å². The first-order valence-corrected chi connectivity index (χ1v) is 6.19. The van der Waals surface area contributed by atoms with Gasteiger partial charge < -0.3 is 14.8 Å². The van der Waals surface area contributed by atoms with Gasteiger partial charge in [-0.25, -0.2) is 4.79 Å². The number of hydrogen-bond donors (Lipinski definition) is 1. The molecule has 0 aromatic heterocycles. The topological polar surface area (TPSA) is 88.4 Å². The lowest BCUT2D eigenvalue weighted by molar-refractivity contribution is -0.117. The zero-order valence-corrected chi connectivity index (χ0v) is 11.9. The summed E-state index contributed by atoms with van der Waals surface area (Å²) in [7, 11) is 2.81. The van der Waals surface area contributed by atoms with Gasteiger partial charge in [-0.15, -0.1) is 0 Å². The molecule has 0 atom stereocenters. The summed E-state index contributed by atoms with van der Waals surface area (Å²) in [5.74, 6) is -0.966. The fourth-order valence-electron chi connectivity index (χ4n) is 1.55. The molecular weight excluding hydrogens is 272 g/mol.